The van der Waals surface area contributed by atoms with Gasteiger partial charge in [0.15, 0.2) is 6.23 Å². The van der Waals surface area contributed by atoms with Crippen molar-refractivity contribution in [3.05, 3.63) is 76.6 Å². The molecule has 1 aromatic heterocycles. The van der Waals surface area contributed by atoms with Crippen molar-refractivity contribution in [3.63, 3.8) is 0 Å². The fourth-order valence-corrected chi connectivity index (χ4v) is 16.1. The van der Waals surface area contributed by atoms with Crippen LogP contribution in [0.25, 0.3) is 16.4 Å². The zero-order chi connectivity index (χ0) is 65.8. The van der Waals surface area contributed by atoms with Gasteiger partial charge in [-0.2, -0.15) is 5.70 Å². The zero-order valence-corrected chi connectivity index (χ0v) is 55.5. The van der Waals surface area contributed by atoms with Crippen molar-refractivity contribution in [2.75, 3.05) is 13.2 Å². The van der Waals surface area contributed by atoms with Crippen molar-refractivity contribution in [3.8, 4) is 0 Å². The van der Waals surface area contributed by atoms with Gasteiger partial charge >= 0.3 is 16.8 Å². The van der Waals surface area contributed by atoms with E-state index < -0.39 is 144 Å². The Bertz CT molecular complexity index is 3490. The number of nitrogens with one attached hydrogen (secondary N) is 1. The van der Waals surface area contributed by atoms with Crippen molar-refractivity contribution >= 4 is 77.3 Å². The molecule has 1 radical (unpaired) electrons. The van der Waals surface area contributed by atoms with Crippen molar-refractivity contribution in [2.45, 2.75) is 183 Å². The van der Waals surface area contributed by atoms with E-state index in [0.29, 0.717) is 56.4 Å². The van der Waals surface area contributed by atoms with E-state index in [1.54, 1.807) is 6.92 Å². The van der Waals surface area contributed by atoms with Crippen LogP contribution in [0.3, 0.4) is 0 Å². The van der Waals surface area contributed by atoms with Crippen LogP contribution in [0, 0.1) is 66.6 Å². The molecule has 2 saturated heterocycles. The Kier molecular flexibility index (Phi) is 22.6. The third-order valence-electron chi connectivity index (χ3n) is 19.8. The number of nitrogens with zero attached hydrogens (tertiary/aromatic N) is 6. The quantitative estimate of drug-likeness (QED) is 0.0482. The topological polar surface area (TPSA) is 465 Å². The number of primary amides is 6. The SMILES string of the molecule is C/C1=C2N=C(/C=C3N=C(/C(C)=C4\[N-]C(C5N=C1C(CCC(N)=O)C5(C)CC(N)=O)[C@H](CC(N)=O)C4(C)CCC(=O)NCC(C)OP(=O)([O-])OC1C(CO)OC(n4cnc5cc(C)c(C)cc54)C1O)C(CCC(N)=O)C\3(C)C)C(CCC(N)=O)C/2(C)CC(N)=O.[CH3-].[Co+2]. The van der Waals surface area contributed by atoms with E-state index in [4.69, 9.17) is 68.5 Å². The van der Waals surface area contributed by atoms with E-state index in [-0.39, 0.29) is 101 Å². The minimum absolute atomic E-state index is 0. The fraction of sp³-hybridized carbons (Fsp3) is 0.613. The molecule has 6 aliphatic heterocycles. The summed E-state index contributed by atoms with van der Waals surface area (Å²) < 4.78 is 31.8. The number of aryl methyl sites for hydroxylation is 2. The minimum atomic E-state index is -5.31. The Morgan fingerprint density at radius 1 is 0.802 bits per heavy atom. The van der Waals surface area contributed by atoms with Crippen LogP contribution in [0.5, 0.6) is 0 Å². The average Bonchev–Trinajstić information content (AvgIpc) is 1.56. The number of nitrogens with two attached hydrogens (primary N) is 6. The molecule has 91 heavy (non-hydrogen) atoms. The summed E-state index contributed by atoms with van der Waals surface area (Å²) in [5, 5.41) is 30.0. The molecule has 29 heteroatoms. The number of aliphatic hydroxyl groups is 2. The van der Waals surface area contributed by atoms with Gasteiger partial charge in [0, 0.05) is 114 Å². The van der Waals surface area contributed by atoms with Crippen LogP contribution in [0.2, 0.25) is 0 Å². The van der Waals surface area contributed by atoms with Crippen molar-refractivity contribution in [1.82, 2.24) is 14.9 Å². The Hall–Kier alpha value is -6.49. The van der Waals surface area contributed by atoms with E-state index in [1.165, 1.54) is 17.8 Å². The maximum Gasteiger partial charge on any atom is 2.00 e. The summed E-state index contributed by atoms with van der Waals surface area (Å²) in [5.74, 6) is -7.29. The Morgan fingerprint density at radius 3 is 1.98 bits per heavy atom. The number of carbonyl (C=O) groups excluding carboxylic acids is 7. The van der Waals surface area contributed by atoms with Crippen LogP contribution in [0.1, 0.15) is 143 Å². The first-order valence-electron chi connectivity index (χ1n) is 30.1. The number of aliphatic hydroxyl groups excluding tert-OH is 2. The summed E-state index contributed by atoms with van der Waals surface area (Å²) >= 11 is 0. The van der Waals surface area contributed by atoms with Crippen molar-refractivity contribution in [2.24, 2.45) is 94.7 Å². The molecule has 0 saturated carbocycles. The number of fused-ring (bicyclic) bond motifs is 7. The second-order valence-corrected chi connectivity index (χ2v) is 27.8. The number of allylic oxidation sites excluding steroid dienone is 6. The van der Waals surface area contributed by atoms with E-state index in [9.17, 15) is 53.2 Å². The fourth-order valence-electron chi connectivity index (χ4n) is 15.0. The Morgan fingerprint density at radius 2 is 1.40 bits per heavy atom. The number of carbonyl (C=O) groups is 7. The van der Waals surface area contributed by atoms with Crippen LogP contribution < -0.4 is 44.6 Å². The van der Waals surface area contributed by atoms with E-state index in [0.717, 1.165) is 11.1 Å². The molecule has 6 aliphatic rings. The van der Waals surface area contributed by atoms with Crippen molar-refractivity contribution < 1.29 is 83.8 Å². The van der Waals surface area contributed by atoms with Gasteiger partial charge in [0.05, 0.1) is 35.8 Å². The van der Waals surface area contributed by atoms with Gasteiger partial charge in [0.1, 0.15) is 18.3 Å². The molecule has 0 spiro atoms. The van der Waals surface area contributed by atoms with E-state index >= 15 is 0 Å². The number of phosphoric acid groups is 1. The van der Waals surface area contributed by atoms with E-state index in [2.05, 4.69) is 10.3 Å². The molecule has 27 nitrogen and oxygen atoms in total. The summed E-state index contributed by atoms with van der Waals surface area (Å²) in [6.45, 7) is 17.1. The van der Waals surface area contributed by atoms with Gasteiger partial charge in [-0.3, -0.25) is 53.1 Å². The molecule has 15 atom stereocenters. The van der Waals surface area contributed by atoms with Gasteiger partial charge in [-0.15, -0.1) is 0 Å². The predicted molar refractivity (Wildman–Crippen MR) is 333 cm³/mol. The maximum atomic E-state index is 14.3. The number of hydrogen-bond acceptors (Lipinski definition) is 18. The molecular weight excluding hydrogens is 1240 g/mol. The summed E-state index contributed by atoms with van der Waals surface area (Å²) in [7, 11) is -5.31. The molecular formula is C62H89CoN13O14P-. The predicted octanol–water partition coefficient (Wildman–Crippen LogP) is 3.37. The van der Waals surface area contributed by atoms with Crippen LogP contribution in [-0.2, 0) is 68.7 Å². The van der Waals surface area contributed by atoms with Gasteiger partial charge in [0.25, 0.3) is 7.82 Å². The summed E-state index contributed by atoms with van der Waals surface area (Å²) in [5.41, 5.74) is 38.2. The molecule has 2 fully saturated rings. The normalized spacial score (nSPS) is 32.9. The number of imidazole rings is 1. The Balaban J connectivity index is 0.00000658. The number of aromatic nitrogens is 2. The molecule has 501 valence electrons. The van der Waals surface area contributed by atoms with Crippen molar-refractivity contribution in [1.29, 1.82) is 0 Å². The summed E-state index contributed by atoms with van der Waals surface area (Å²) in [6, 6.07) is 1.70. The molecule has 7 heterocycles. The number of rotatable bonds is 26. The standard InChI is InChI=1S/C61H88N13O14P.CH3.Co/c1-28-19-38-39(20-29(28)2)74(27-69-38)57-52(83)53(40(26-75)86-57)88-89(84,85)87-30(3)25-68-48(82)17-18-59(8)36(21-45(65)79)51-56-61(10,24-47(67)81)35(13-16-44(64)78)50(72-56)32(5)55-60(9,23-46(66)80)33(11-14-42(62)76)37(70-55)22-41-58(6,7)34(12-15-43(63)77)49(71-41)31(4)54(59)73-51;;/h19-20,22,27,30,33-36,40,51-53,56-57,75,83H,11-18,21,23-26H2,1-10H3,(H15,62,63,64,65,66,67,68,70,71,72,73,76,77,78,79,80,81,82,84,85);1H3;/q;-1;+2/p-2/t30?,33?,34?,35?,36-,40?,51?,52?,53?,56?,57?,59?,60?,61?;;/m0../s1. The molecule has 15 N–H and O–H groups in total. The molecule has 1 aromatic carbocycles. The smallest absolute Gasteiger partial charge is 0.756 e. The number of benzene rings is 1. The van der Waals surface area contributed by atoms with Gasteiger partial charge in [0.2, 0.25) is 41.4 Å². The molecule has 14 unspecified atom stereocenters. The molecule has 0 aliphatic carbocycles. The maximum absolute atomic E-state index is 14.3. The first-order valence-corrected chi connectivity index (χ1v) is 31.6. The molecule has 7 amide bonds. The van der Waals surface area contributed by atoms with Gasteiger partial charge in [-0.05, 0) is 112 Å². The number of ether oxygens (including phenoxy) is 1. The second kappa shape index (κ2) is 28.0. The number of aliphatic imine (C=N–C) groups is 3. The Labute approximate surface area is 540 Å². The molecule has 8 rings (SSSR count). The third kappa shape index (κ3) is 14.7. The number of amides is 7. The largest absolute Gasteiger partial charge is 2.00 e. The van der Waals surface area contributed by atoms with Crippen LogP contribution in [0.15, 0.2) is 67.8 Å². The molecule has 8 bridgehead atoms. The van der Waals surface area contributed by atoms with E-state index in [1.807, 2.05) is 73.6 Å². The van der Waals surface area contributed by atoms with Gasteiger partial charge in [-0.25, -0.2) is 4.98 Å². The van der Waals surface area contributed by atoms with Crippen LogP contribution in [-0.4, -0.2) is 128 Å². The monoisotopic (exact) mass is 1330 g/mol. The summed E-state index contributed by atoms with van der Waals surface area (Å²) in [4.78, 5) is 127. The minimum Gasteiger partial charge on any atom is -0.756 e. The molecule has 2 aromatic rings. The summed E-state index contributed by atoms with van der Waals surface area (Å²) in [6.07, 6.45) is -4.67. The first kappa shape index (κ1) is 73.6. The zero-order valence-electron chi connectivity index (χ0n) is 53.6. The van der Waals surface area contributed by atoms with Crippen LogP contribution >= 0.6 is 7.82 Å². The van der Waals surface area contributed by atoms with Gasteiger partial charge in [-0.1, -0.05) is 40.7 Å². The number of phosphoric ester groups is 1. The average molecular weight is 1330 g/mol. The van der Waals surface area contributed by atoms with Crippen LogP contribution in [0.4, 0.5) is 0 Å². The number of hydrogen-bond donors (Lipinski definition) is 9. The first-order chi connectivity index (χ1) is 41.5. The third-order valence-corrected chi connectivity index (χ3v) is 20.9. The second-order valence-electron chi connectivity index (χ2n) is 26.4. The van der Waals surface area contributed by atoms with Gasteiger partial charge < -0.3 is 85.9 Å².